The topological polar surface area (TPSA) is 29.5 Å². The minimum absolute atomic E-state index is 0.215. The van der Waals surface area contributed by atoms with Gasteiger partial charge in [-0.25, -0.2) is 4.39 Å². The largest absolute Gasteiger partial charge is 0.390 e. The molecule has 0 aromatic heterocycles. The Labute approximate surface area is 110 Å². The number of halogens is 2. The summed E-state index contributed by atoms with van der Waals surface area (Å²) in [6.45, 7) is 3.97. The molecule has 0 spiro atoms. The van der Waals surface area contributed by atoms with E-state index in [0.717, 1.165) is 5.56 Å². The average Bonchev–Trinajstić information content (AvgIpc) is 2.15. The van der Waals surface area contributed by atoms with Gasteiger partial charge in [0.1, 0.15) is 5.82 Å². The fraction of sp³-hybridized carbons (Fsp3) is 0.538. The van der Waals surface area contributed by atoms with Gasteiger partial charge in [0, 0.05) is 18.0 Å². The van der Waals surface area contributed by atoms with Crippen LogP contribution in [0.5, 0.6) is 0 Å². The zero-order chi connectivity index (χ0) is 13.0. The van der Waals surface area contributed by atoms with Crippen LogP contribution in [0.2, 0.25) is 0 Å². The molecule has 0 radical (unpaired) electrons. The van der Waals surface area contributed by atoms with Gasteiger partial charge in [-0.1, -0.05) is 29.8 Å². The van der Waals surface area contributed by atoms with Crippen LogP contribution in [0.3, 0.4) is 0 Å². The molecule has 4 heteroatoms. The van der Waals surface area contributed by atoms with Crippen LogP contribution in [0.25, 0.3) is 0 Å². The molecule has 2 nitrogen and oxygen atoms in total. The molecule has 1 aromatic carbocycles. The summed E-state index contributed by atoms with van der Waals surface area (Å²) >= 11 is 3.23. The Bertz CT molecular complexity index is 348. The molecular weight excluding hydrogens is 287 g/mol. The number of hydrogen-bond acceptors (Lipinski definition) is 2. The minimum atomic E-state index is -0.631. The molecule has 17 heavy (non-hydrogen) atoms. The molecule has 1 N–H and O–H groups in total. The highest BCUT2D eigenvalue weighted by Gasteiger charge is 2.22. The van der Waals surface area contributed by atoms with Gasteiger partial charge >= 0.3 is 0 Å². The summed E-state index contributed by atoms with van der Waals surface area (Å²) in [5.74, 6) is -0.0907. The lowest BCUT2D eigenvalue weighted by atomic mass is 9.96. The Morgan fingerprint density at radius 1 is 1.35 bits per heavy atom. The van der Waals surface area contributed by atoms with E-state index in [1.54, 1.807) is 13.2 Å². The maximum Gasteiger partial charge on any atom is 0.124 e. The molecule has 2 unspecified atom stereocenters. The van der Waals surface area contributed by atoms with Crippen molar-refractivity contribution in [2.24, 2.45) is 5.92 Å². The van der Waals surface area contributed by atoms with Gasteiger partial charge in [0.15, 0.2) is 0 Å². The van der Waals surface area contributed by atoms with Gasteiger partial charge in [-0.2, -0.15) is 0 Å². The number of aliphatic hydroxyl groups excluding tert-OH is 1. The highest BCUT2D eigenvalue weighted by molar-refractivity contribution is 9.10. The molecule has 1 rings (SSSR count). The molecule has 0 aliphatic rings. The van der Waals surface area contributed by atoms with E-state index < -0.39 is 6.10 Å². The van der Waals surface area contributed by atoms with Crippen LogP contribution < -0.4 is 0 Å². The molecule has 96 valence electrons. The van der Waals surface area contributed by atoms with E-state index in [4.69, 9.17) is 4.74 Å². The highest BCUT2D eigenvalue weighted by atomic mass is 79.9. The first kappa shape index (κ1) is 14.6. The minimum Gasteiger partial charge on any atom is -0.390 e. The normalized spacial score (nSPS) is 15.0. The zero-order valence-electron chi connectivity index (χ0n) is 10.3. The van der Waals surface area contributed by atoms with Crippen LogP contribution >= 0.6 is 15.9 Å². The van der Waals surface area contributed by atoms with E-state index in [1.807, 2.05) is 13.8 Å². The maximum atomic E-state index is 13.2. The zero-order valence-corrected chi connectivity index (χ0v) is 11.9. The molecule has 0 bridgehead atoms. The molecule has 2 atom stereocenters. The quantitative estimate of drug-likeness (QED) is 0.905. The lowest BCUT2D eigenvalue weighted by molar-refractivity contribution is -0.0368. The summed E-state index contributed by atoms with van der Waals surface area (Å²) in [6, 6.07) is 4.63. The van der Waals surface area contributed by atoms with Crippen LogP contribution in [0.15, 0.2) is 22.7 Å². The second-order valence-corrected chi connectivity index (χ2v) is 5.41. The molecule has 0 aliphatic carbocycles. The average molecular weight is 305 g/mol. The molecule has 0 saturated heterocycles. The van der Waals surface area contributed by atoms with Crippen molar-refractivity contribution in [1.82, 2.24) is 0 Å². The van der Waals surface area contributed by atoms with Crippen molar-refractivity contribution >= 4 is 15.9 Å². The maximum absolute atomic E-state index is 13.2. The van der Waals surface area contributed by atoms with Crippen LogP contribution in [-0.2, 0) is 11.2 Å². The highest BCUT2D eigenvalue weighted by Crippen LogP contribution is 2.19. The molecule has 0 aliphatic heterocycles. The first-order valence-corrected chi connectivity index (χ1v) is 6.39. The fourth-order valence-corrected chi connectivity index (χ4v) is 2.47. The van der Waals surface area contributed by atoms with Crippen LogP contribution in [0, 0.1) is 11.7 Å². The predicted molar refractivity (Wildman–Crippen MR) is 69.4 cm³/mol. The Morgan fingerprint density at radius 2 is 2.00 bits per heavy atom. The van der Waals surface area contributed by atoms with Crippen molar-refractivity contribution in [3.8, 4) is 0 Å². The third kappa shape index (κ3) is 4.37. The van der Waals surface area contributed by atoms with Gasteiger partial charge in [-0.15, -0.1) is 0 Å². The van der Waals surface area contributed by atoms with Gasteiger partial charge in [0.2, 0.25) is 0 Å². The standard InChI is InChI=1S/C13H18BrFO2/c1-8(2)13(17-3)12(16)6-9-4-10(14)7-11(15)5-9/h4-5,7-8,12-13,16H,6H2,1-3H3. The first-order valence-electron chi connectivity index (χ1n) is 5.60. The number of aliphatic hydroxyl groups is 1. The second-order valence-electron chi connectivity index (χ2n) is 4.49. The van der Waals surface area contributed by atoms with Gasteiger partial charge in [0.05, 0.1) is 12.2 Å². The summed E-state index contributed by atoms with van der Waals surface area (Å²) in [5.41, 5.74) is 0.757. The Balaban J connectivity index is 2.76. The molecule has 1 aromatic rings. The number of benzene rings is 1. The van der Waals surface area contributed by atoms with Gasteiger partial charge in [-0.3, -0.25) is 0 Å². The van der Waals surface area contributed by atoms with E-state index in [2.05, 4.69) is 15.9 Å². The number of ether oxygens (including phenoxy) is 1. The van der Waals surface area contributed by atoms with Gasteiger partial charge in [0.25, 0.3) is 0 Å². The second kappa shape index (κ2) is 6.47. The molecule has 0 amide bonds. The summed E-state index contributed by atoms with van der Waals surface area (Å²) in [4.78, 5) is 0. The summed E-state index contributed by atoms with van der Waals surface area (Å²) < 4.78 is 19.1. The SMILES string of the molecule is COC(C(C)C)C(O)Cc1cc(F)cc(Br)c1. The van der Waals surface area contributed by atoms with Crippen LogP contribution in [0.1, 0.15) is 19.4 Å². The van der Waals surface area contributed by atoms with Crippen molar-refractivity contribution in [1.29, 1.82) is 0 Å². The van der Waals surface area contributed by atoms with Crippen molar-refractivity contribution in [3.63, 3.8) is 0 Å². The monoisotopic (exact) mass is 304 g/mol. The van der Waals surface area contributed by atoms with Gasteiger partial charge < -0.3 is 9.84 Å². The molecule has 0 saturated carbocycles. The van der Waals surface area contributed by atoms with Crippen LogP contribution in [0.4, 0.5) is 4.39 Å². The Hall–Kier alpha value is -0.450. The van der Waals surface area contributed by atoms with Crippen molar-refractivity contribution in [2.45, 2.75) is 32.5 Å². The third-order valence-electron chi connectivity index (χ3n) is 2.68. The van der Waals surface area contributed by atoms with Crippen LogP contribution in [-0.4, -0.2) is 24.4 Å². The summed E-state index contributed by atoms with van der Waals surface area (Å²) in [5, 5.41) is 10.1. The predicted octanol–water partition coefficient (Wildman–Crippen LogP) is 3.16. The van der Waals surface area contributed by atoms with E-state index in [0.29, 0.717) is 10.9 Å². The van der Waals surface area contributed by atoms with Crippen molar-refractivity contribution in [3.05, 3.63) is 34.1 Å². The van der Waals surface area contributed by atoms with Gasteiger partial charge in [-0.05, 0) is 29.7 Å². The summed E-state index contributed by atoms with van der Waals surface area (Å²) in [7, 11) is 1.58. The number of rotatable bonds is 5. The molecule has 0 heterocycles. The number of hydrogen-bond donors (Lipinski definition) is 1. The van der Waals surface area contributed by atoms with E-state index in [-0.39, 0.29) is 17.8 Å². The third-order valence-corrected chi connectivity index (χ3v) is 3.13. The number of methoxy groups -OCH3 is 1. The van der Waals surface area contributed by atoms with Crippen molar-refractivity contribution in [2.75, 3.05) is 7.11 Å². The van der Waals surface area contributed by atoms with E-state index >= 15 is 0 Å². The van der Waals surface area contributed by atoms with Crippen molar-refractivity contribution < 1.29 is 14.2 Å². The molecule has 0 fully saturated rings. The van der Waals surface area contributed by atoms with E-state index in [9.17, 15) is 9.50 Å². The van der Waals surface area contributed by atoms with E-state index in [1.165, 1.54) is 12.1 Å². The first-order chi connectivity index (χ1) is 7.93. The Kier molecular flexibility index (Phi) is 5.56. The summed E-state index contributed by atoms with van der Waals surface area (Å²) in [6.07, 6.45) is -0.488. The Morgan fingerprint density at radius 3 is 2.47 bits per heavy atom. The smallest absolute Gasteiger partial charge is 0.124 e. The fourth-order valence-electron chi connectivity index (χ4n) is 1.96. The lowest BCUT2D eigenvalue weighted by Crippen LogP contribution is -2.34. The lowest BCUT2D eigenvalue weighted by Gasteiger charge is -2.25. The molecular formula is C13H18BrFO2.